The summed E-state index contributed by atoms with van der Waals surface area (Å²) in [5, 5.41) is 11.8. The van der Waals surface area contributed by atoms with Crippen LogP contribution in [0.25, 0.3) is 5.65 Å². The van der Waals surface area contributed by atoms with Crippen LogP contribution in [0.2, 0.25) is 0 Å². The predicted octanol–water partition coefficient (Wildman–Crippen LogP) is 3.91. The average molecular weight is 374 g/mol. The van der Waals surface area contributed by atoms with E-state index >= 15 is 0 Å². The maximum absolute atomic E-state index is 12.0. The first-order valence-corrected chi connectivity index (χ1v) is 9.56. The zero-order chi connectivity index (χ0) is 18.9. The largest absolute Gasteiger partial charge is 0.546 e. The van der Waals surface area contributed by atoms with Gasteiger partial charge in [0.25, 0.3) is 0 Å². The average Bonchev–Trinajstić information content (AvgIpc) is 3.15. The van der Waals surface area contributed by atoms with Gasteiger partial charge in [0.1, 0.15) is 5.75 Å². The maximum Gasteiger partial charge on any atom is 0.177 e. The van der Waals surface area contributed by atoms with Crippen molar-refractivity contribution in [3.8, 4) is 5.75 Å². The molecule has 2 heterocycles. The van der Waals surface area contributed by atoms with Gasteiger partial charge < -0.3 is 12.8 Å². The minimum Gasteiger partial charge on any atom is -0.546 e. The molecular weight excluding hydrogens is 350 g/mol. The molecular formula is C18H24N5O2S-. The Labute approximate surface area is 155 Å². The van der Waals surface area contributed by atoms with E-state index in [-0.39, 0.29) is 11.3 Å². The molecule has 3 rings (SSSR count). The van der Waals surface area contributed by atoms with Crippen LogP contribution in [0.3, 0.4) is 0 Å². The molecule has 3 aromatic rings. The number of hydrogen-bond acceptors (Lipinski definition) is 6. The van der Waals surface area contributed by atoms with Gasteiger partial charge in [-0.1, -0.05) is 45.4 Å². The molecule has 0 saturated carbocycles. The highest BCUT2D eigenvalue weighted by Crippen LogP contribution is 2.23. The summed E-state index contributed by atoms with van der Waals surface area (Å²) in [7, 11) is -1.75. The first-order valence-electron chi connectivity index (χ1n) is 8.53. The second-order valence-corrected chi connectivity index (χ2v) is 8.36. The third-order valence-electron chi connectivity index (χ3n) is 4.11. The van der Waals surface area contributed by atoms with E-state index < -0.39 is 10.9 Å². The zero-order valence-corrected chi connectivity index (χ0v) is 16.5. The highest BCUT2D eigenvalue weighted by atomic mass is 32.2. The zero-order valence-electron chi connectivity index (χ0n) is 15.7. The van der Waals surface area contributed by atoms with Crippen LogP contribution in [-0.4, -0.2) is 26.4 Å². The first kappa shape index (κ1) is 18.4. The summed E-state index contributed by atoms with van der Waals surface area (Å²) in [4.78, 5) is 0. The van der Waals surface area contributed by atoms with E-state index in [4.69, 9.17) is 4.18 Å². The fraction of sp³-hybridized carbons (Fsp3) is 0.444. The number of fused-ring (bicyclic) bond motifs is 1. The summed E-state index contributed by atoms with van der Waals surface area (Å²) in [5.41, 5.74) is 2.97. The molecule has 1 atom stereocenters. The molecule has 0 radical (unpaired) electrons. The lowest BCUT2D eigenvalue weighted by atomic mass is 9.93. The molecule has 0 aliphatic rings. The Morgan fingerprint density at radius 1 is 1.27 bits per heavy atom. The van der Waals surface area contributed by atoms with Gasteiger partial charge in [-0.25, -0.2) is 4.52 Å². The van der Waals surface area contributed by atoms with Gasteiger partial charge in [0.05, 0.1) is 0 Å². The third-order valence-corrected chi connectivity index (χ3v) is 4.80. The third kappa shape index (κ3) is 4.07. The lowest BCUT2D eigenvalue weighted by molar-refractivity contribution is 0.525. The number of H-pyrrole nitrogens is 1. The molecule has 2 aromatic heterocycles. The molecule has 0 bridgehead atoms. The maximum atomic E-state index is 12.0. The SMILES string of the molecule is Cc1ccc(O[S-](=O)=NCC(C)c2nnc3cc(C(C)(C)C)[nH]n23)cc1. The molecule has 1 unspecified atom stereocenters. The highest BCUT2D eigenvalue weighted by molar-refractivity contribution is 7.70. The van der Waals surface area contributed by atoms with Crippen molar-refractivity contribution >= 4 is 16.5 Å². The van der Waals surface area contributed by atoms with Crippen LogP contribution >= 0.6 is 0 Å². The number of benzene rings is 1. The molecule has 0 aliphatic heterocycles. The fourth-order valence-corrected chi connectivity index (χ4v) is 3.13. The van der Waals surface area contributed by atoms with Crippen LogP contribution in [0.4, 0.5) is 0 Å². The Hall–Kier alpha value is -2.35. The number of nitrogens with zero attached hydrogens (tertiary/aromatic N) is 4. The van der Waals surface area contributed by atoms with E-state index in [0.717, 1.165) is 22.7 Å². The smallest absolute Gasteiger partial charge is 0.177 e. The van der Waals surface area contributed by atoms with Crippen LogP contribution in [-0.2, 0) is 20.5 Å². The van der Waals surface area contributed by atoms with Crippen molar-refractivity contribution in [2.24, 2.45) is 4.36 Å². The topological polar surface area (TPSA) is 84.6 Å². The van der Waals surface area contributed by atoms with Gasteiger partial charge in [0.15, 0.2) is 11.5 Å². The van der Waals surface area contributed by atoms with Crippen molar-refractivity contribution < 1.29 is 8.39 Å². The van der Waals surface area contributed by atoms with E-state index in [0.29, 0.717) is 12.3 Å². The van der Waals surface area contributed by atoms with E-state index in [1.165, 1.54) is 0 Å². The molecule has 0 amide bonds. The van der Waals surface area contributed by atoms with Crippen molar-refractivity contribution in [3.05, 3.63) is 47.4 Å². The van der Waals surface area contributed by atoms with Gasteiger partial charge in [0.2, 0.25) is 0 Å². The van der Waals surface area contributed by atoms with Crippen molar-refractivity contribution in [3.63, 3.8) is 0 Å². The van der Waals surface area contributed by atoms with Crippen LogP contribution in [0.5, 0.6) is 5.75 Å². The number of aromatic amines is 1. The Morgan fingerprint density at radius 3 is 2.62 bits per heavy atom. The van der Waals surface area contributed by atoms with Crippen LogP contribution < -0.4 is 4.18 Å². The predicted molar refractivity (Wildman–Crippen MR) is 102 cm³/mol. The van der Waals surface area contributed by atoms with E-state index in [1.807, 2.05) is 36.6 Å². The van der Waals surface area contributed by atoms with Crippen molar-refractivity contribution in [1.82, 2.24) is 19.8 Å². The molecule has 0 spiro atoms. The van der Waals surface area contributed by atoms with Gasteiger partial charge in [0, 0.05) is 29.6 Å². The summed E-state index contributed by atoms with van der Waals surface area (Å²) in [5.74, 6) is 1.24. The summed E-state index contributed by atoms with van der Waals surface area (Å²) < 4.78 is 23.4. The van der Waals surface area contributed by atoms with Gasteiger partial charge in [-0.15, -0.1) is 10.2 Å². The summed E-state index contributed by atoms with van der Waals surface area (Å²) >= 11 is 0. The summed E-state index contributed by atoms with van der Waals surface area (Å²) in [6.07, 6.45) is 0. The molecule has 140 valence electrons. The molecule has 8 heteroatoms. The van der Waals surface area contributed by atoms with Crippen molar-refractivity contribution in [2.45, 2.75) is 46.0 Å². The van der Waals surface area contributed by atoms with Gasteiger partial charge in [-0.2, -0.15) is 0 Å². The lowest BCUT2D eigenvalue weighted by Crippen LogP contribution is -2.13. The Kier molecular flexibility index (Phi) is 5.04. The van der Waals surface area contributed by atoms with Crippen LogP contribution in [0, 0.1) is 6.92 Å². The first-order chi connectivity index (χ1) is 12.2. The number of hydrogen-bond donors (Lipinski definition) is 1. The van der Waals surface area contributed by atoms with Crippen molar-refractivity contribution in [1.29, 1.82) is 0 Å². The minimum absolute atomic E-state index is 0.00500. The van der Waals surface area contributed by atoms with Gasteiger partial charge >= 0.3 is 0 Å². The fourth-order valence-electron chi connectivity index (χ4n) is 2.46. The molecule has 1 N–H and O–H groups in total. The lowest BCUT2D eigenvalue weighted by Gasteiger charge is -2.15. The van der Waals surface area contributed by atoms with Crippen molar-refractivity contribution in [2.75, 3.05) is 6.54 Å². The molecule has 26 heavy (non-hydrogen) atoms. The van der Waals surface area contributed by atoms with Crippen LogP contribution in [0.1, 0.15) is 50.7 Å². The summed E-state index contributed by atoms with van der Waals surface area (Å²) in [6.45, 7) is 10.7. The van der Waals surface area contributed by atoms with Gasteiger partial charge in [-0.05, 0) is 29.9 Å². The Morgan fingerprint density at radius 2 is 1.96 bits per heavy atom. The second kappa shape index (κ2) is 7.11. The van der Waals surface area contributed by atoms with E-state index in [9.17, 15) is 4.21 Å². The normalized spacial score (nSPS) is 14.7. The van der Waals surface area contributed by atoms with E-state index in [2.05, 4.69) is 40.4 Å². The molecule has 0 aliphatic carbocycles. The highest BCUT2D eigenvalue weighted by Gasteiger charge is 2.20. The monoisotopic (exact) mass is 374 g/mol. The number of nitrogens with one attached hydrogen (secondary N) is 1. The molecule has 7 nitrogen and oxygen atoms in total. The van der Waals surface area contributed by atoms with Gasteiger partial charge in [-0.3, -0.25) is 5.10 Å². The van der Waals surface area contributed by atoms with E-state index in [1.54, 1.807) is 12.1 Å². The molecule has 0 fully saturated rings. The Bertz CT molecular complexity index is 975. The molecule has 0 saturated heterocycles. The summed E-state index contributed by atoms with van der Waals surface area (Å²) in [6, 6.07) is 9.36. The van der Waals surface area contributed by atoms with Crippen LogP contribution in [0.15, 0.2) is 34.7 Å². The standard InChI is InChI=1S/C18H24N5O2S/c1-12-6-8-14(9-7-12)25-26(24)19-11-13(2)17-21-20-16-10-15(18(3,4)5)22-23(16)17/h6-10,13,22H,11H2,1-5H3/q-1. The second-order valence-electron chi connectivity index (χ2n) is 7.50. The number of rotatable bonds is 5. The molecule has 1 aromatic carbocycles. The number of aromatic nitrogens is 4. The quantitative estimate of drug-likeness (QED) is 0.686. The minimum atomic E-state index is -1.75. The Balaban J connectivity index is 1.72. The number of aryl methyl sites for hydroxylation is 1.